The molecule has 1 atom stereocenters. The maximum absolute atomic E-state index is 11.7. The number of piperidine rings is 1. The van der Waals surface area contributed by atoms with Crippen LogP contribution in [0, 0.1) is 0 Å². The van der Waals surface area contributed by atoms with Crippen molar-refractivity contribution in [3.63, 3.8) is 0 Å². The zero-order valence-electron chi connectivity index (χ0n) is 12.8. The van der Waals surface area contributed by atoms with E-state index in [0.29, 0.717) is 24.7 Å². The molecule has 122 valence electrons. The number of likely N-dealkylation sites (tertiary alicyclic amines) is 1. The number of hydrogen-bond acceptors (Lipinski definition) is 4. The molecule has 2 rings (SSSR count). The van der Waals surface area contributed by atoms with Crippen LogP contribution in [0.15, 0.2) is 24.3 Å². The summed E-state index contributed by atoms with van der Waals surface area (Å²) in [4.78, 5) is 13.4. The van der Waals surface area contributed by atoms with Gasteiger partial charge in [0, 0.05) is 24.2 Å². The van der Waals surface area contributed by atoms with E-state index >= 15 is 0 Å². The molecule has 0 aromatic heterocycles. The van der Waals surface area contributed by atoms with Gasteiger partial charge in [-0.15, -0.1) is 0 Å². The van der Waals surface area contributed by atoms with Crippen LogP contribution in [0.4, 0.5) is 4.79 Å². The largest absolute Gasteiger partial charge is 0.450 e. The molecule has 2 N–H and O–H groups in total. The van der Waals surface area contributed by atoms with E-state index in [1.165, 1.54) is 0 Å². The van der Waals surface area contributed by atoms with Crippen LogP contribution in [0.25, 0.3) is 0 Å². The van der Waals surface area contributed by atoms with Gasteiger partial charge in [0.05, 0.1) is 19.3 Å². The van der Waals surface area contributed by atoms with Gasteiger partial charge in [0.1, 0.15) is 0 Å². The summed E-state index contributed by atoms with van der Waals surface area (Å²) in [6, 6.07) is 7.65. The summed E-state index contributed by atoms with van der Waals surface area (Å²) in [6.07, 6.45) is 1.46. The van der Waals surface area contributed by atoms with E-state index in [1.54, 1.807) is 4.90 Å². The first-order valence-electron chi connectivity index (χ1n) is 7.68. The molecule has 6 heteroatoms. The second-order valence-electron chi connectivity index (χ2n) is 5.41. The average molecular weight is 327 g/mol. The van der Waals surface area contributed by atoms with Crippen molar-refractivity contribution in [2.75, 3.05) is 26.3 Å². The molecule has 0 spiro atoms. The highest BCUT2D eigenvalue weighted by Gasteiger charge is 2.25. The highest BCUT2D eigenvalue weighted by atomic mass is 35.5. The third-order valence-electron chi connectivity index (χ3n) is 3.91. The number of ether oxygens (including phenoxy) is 1. The van der Waals surface area contributed by atoms with Crippen molar-refractivity contribution in [3.05, 3.63) is 34.9 Å². The summed E-state index contributed by atoms with van der Waals surface area (Å²) in [5.41, 5.74) is 1.01. The number of aliphatic hydroxyl groups is 1. The normalized spacial score (nSPS) is 17.3. The molecule has 1 aliphatic heterocycles. The Morgan fingerprint density at radius 2 is 2.05 bits per heavy atom. The van der Waals surface area contributed by atoms with Crippen molar-refractivity contribution in [1.82, 2.24) is 10.2 Å². The molecule has 0 bridgehead atoms. The van der Waals surface area contributed by atoms with Crippen LogP contribution in [0.1, 0.15) is 31.4 Å². The molecule has 0 radical (unpaired) electrons. The van der Waals surface area contributed by atoms with E-state index in [0.717, 1.165) is 18.4 Å². The fourth-order valence-electron chi connectivity index (χ4n) is 2.68. The number of hydrogen-bond donors (Lipinski definition) is 2. The molecule has 1 fully saturated rings. The molecule has 22 heavy (non-hydrogen) atoms. The SMILES string of the molecule is CCOC(=O)N1CCC(N[C@H](CO)c2ccc(Cl)cc2)CC1. The van der Waals surface area contributed by atoms with Gasteiger partial charge in [0.25, 0.3) is 0 Å². The topological polar surface area (TPSA) is 61.8 Å². The Morgan fingerprint density at radius 3 is 2.59 bits per heavy atom. The van der Waals surface area contributed by atoms with Crippen molar-refractivity contribution in [2.24, 2.45) is 0 Å². The summed E-state index contributed by atoms with van der Waals surface area (Å²) >= 11 is 5.89. The second-order valence-corrected chi connectivity index (χ2v) is 5.85. The van der Waals surface area contributed by atoms with Crippen molar-refractivity contribution < 1.29 is 14.6 Å². The van der Waals surface area contributed by atoms with Gasteiger partial charge in [-0.05, 0) is 37.5 Å². The maximum atomic E-state index is 11.7. The van der Waals surface area contributed by atoms with Gasteiger partial charge < -0.3 is 20.1 Å². The van der Waals surface area contributed by atoms with Gasteiger partial charge in [0.15, 0.2) is 0 Å². The van der Waals surface area contributed by atoms with Gasteiger partial charge in [-0.2, -0.15) is 0 Å². The third-order valence-corrected chi connectivity index (χ3v) is 4.16. The van der Waals surface area contributed by atoms with E-state index in [9.17, 15) is 9.90 Å². The van der Waals surface area contributed by atoms with Crippen LogP contribution >= 0.6 is 11.6 Å². The molecule has 1 aromatic rings. The van der Waals surface area contributed by atoms with Crippen molar-refractivity contribution in [1.29, 1.82) is 0 Å². The highest BCUT2D eigenvalue weighted by molar-refractivity contribution is 6.30. The molecule has 1 saturated heterocycles. The van der Waals surface area contributed by atoms with Crippen LogP contribution in [0.5, 0.6) is 0 Å². The molecular weight excluding hydrogens is 304 g/mol. The molecule has 0 saturated carbocycles. The molecule has 5 nitrogen and oxygen atoms in total. The Labute approximate surface area is 136 Å². The Hall–Kier alpha value is -1.30. The number of rotatable bonds is 5. The fraction of sp³-hybridized carbons (Fsp3) is 0.562. The minimum absolute atomic E-state index is 0.0275. The Kier molecular flexibility index (Phi) is 6.49. The quantitative estimate of drug-likeness (QED) is 0.873. The summed E-state index contributed by atoms with van der Waals surface area (Å²) in [5, 5.41) is 13.8. The Morgan fingerprint density at radius 1 is 1.41 bits per heavy atom. The minimum Gasteiger partial charge on any atom is -0.450 e. The second kappa shape index (κ2) is 8.36. The van der Waals surface area contributed by atoms with Gasteiger partial charge in [-0.1, -0.05) is 23.7 Å². The van der Waals surface area contributed by atoms with Crippen molar-refractivity contribution in [2.45, 2.75) is 31.8 Å². The Balaban J connectivity index is 1.86. The van der Waals surface area contributed by atoms with Crippen LogP contribution in [-0.2, 0) is 4.74 Å². The number of benzene rings is 1. The number of carbonyl (C=O) groups excluding carboxylic acids is 1. The highest BCUT2D eigenvalue weighted by Crippen LogP contribution is 2.19. The molecule has 0 aliphatic carbocycles. The predicted octanol–water partition coefficient (Wildman–Crippen LogP) is 2.58. The number of nitrogens with zero attached hydrogens (tertiary/aromatic N) is 1. The van der Waals surface area contributed by atoms with Crippen LogP contribution in [0.3, 0.4) is 0 Å². The number of nitrogens with one attached hydrogen (secondary N) is 1. The maximum Gasteiger partial charge on any atom is 0.409 e. The van der Waals surface area contributed by atoms with Crippen LogP contribution in [0.2, 0.25) is 5.02 Å². The molecule has 1 aromatic carbocycles. The number of halogens is 1. The summed E-state index contributed by atoms with van der Waals surface area (Å²) < 4.78 is 5.01. The van der Waals surface area contributed by atoms with Gasteiger partial charge in [0.2, 0.25) is 0 Å². The predicted molar refractivity (Wildman–Crippen MR) is 86.0 cm³/mol. The van der Waals surface area contributed by atoms with Gasteiger partial charge >= 0.3 is 6.09 Å². The number of carbonyl (C=O) groups is 1. The Bertz CT molecular complexity index is 473. The lowest BCUT2D eigenvalue weighted by Gasteiger charge is -2.33. The fourth-order valence-corrected chi connectivity index (χ4v) is 2.80. The number of aliphatic hydroxyl groups excluding tert-OH is 1. The molecule has 1 heterocycles. The molecular formula is C16H23ClN2O3. The van der Waals surface area contributed by atoms with Gasteiger partial charge in [-0.3, -0.25) is 0 Å². The third kappa shape index (κ3) is 4.60. The zero-order valence-corrected chi connectivity index (χ0v) is 13.6. The first-order valence-corrected chi connectivity index (χ1v) is 8.06. The van der Waals surface area contributed by atoms with Gasteiger partial charge in [-0.25, -0.2) is 4.79 Å². The van der Waals surface area contributed by atoms with Crippen LogP contribution < -0.4 is 5.32 Å². The number of amides is 1. The summed E-state index contributed by atoms with van der Waals surface area (Å²) in [7, 11) is 0. The lowest BCUT2D eigenvalue weighted by Crippen LogP contribution is -2.46. The zero-order chi connectivity index (χ0) is 15.9. The van der Waals surface area contributed by atoms with E-state index in [4.69, 9.17) is 16.3 Å². The van der Waals surface area contributed by atoms with Crippen molar-refractivity contribution >= 4 is 17.7 Å². The minimum atomic E-state index is -0.239. The molecule has 1 amide bonds. The standard InChI is InChI=1S/C16H23ClN2O3/c1-2-22-16(21)19-9-7-14(8-10-19)18-15(11-20)12-3-5-13(17)6-4-12/h3-6,14-15,18,20H,2,7-11H2,1H3/t15-/m1/s1. The van der Waals surface area contributed by atoms with E-state index in [-0.39, 0.29) is 24.8 Å². The smallest absolute Gasteiger partial charge is 0.409 e. The summed E-state index contributed by atoms with van der Waals surface area (Å²) in [5.74, 6) is 0. The lowest BCUT2D eigenvalue weighted by atomic mass is 10.0. The van der Waals surface area contributed by atoms with E-state index in [2.05, 4.69) is 5.32 Å². The lowest BCUT2D eigenvalue weighted by molar-refractivity contribution is 0.0928. The average Bonchev–Trinajstić information content (AvgIpc) is 2.54. The molecule has 0 unspecified atom stereocenters. The van der Waals surface area contributed by atoms with Crippen LogP contribution in [-0.4, -0.2) is 48.4 Å². The van der Waals surface area contributed by atoms with E-state index < -0.39 is 0 Å². The first-order chi connectivity index (χ1) is 10.6. The summed E-state index contributed by atoms with van der Waals surface area (Å²) in [6.45, 7) is 3.59. The first kappa shape index (κ1) is 17.1. The van der Waals surface area contributed by atoms with Crippen molar-refractivity contribution in [3.8, 4) is 0 Å². The monoisotopic (exact) mass is 326 g/mol. The molecule has 1 aliphatic rings. The van der Waals surface area contributed by atoms with E-state index in [1.807, 2.05) is 31.2 Å².